The monoisotopic (exact) mass is 260 g/mol. The second kappa shape index (κ2) is 5.67. The Morgan fingerprint density at radius 2 is 2.06 bits per heavy atom. The van der Waals surface area contributed by atoms with E-state index in [-0.39, 0.29) is 17.8 Å². The molecule has 1 aliphatic heterocycles. The molecule has 2 fully saturated rings. The van der Waals surface area contributed by atoms with Crippen LogP contribution in [0.4, 0.5) is 0 Å². The first-order chi connectivity index (χ1) is 8.05. The molecule has 1 saturated carbocycles. The van der Waals surface area contributed by atoms with Crippen molar-refractivity contribution in [3.63, 3.8) is 0 Å². The largest absolute Gasteiger partial charge is 0.313 e. The lowest BCUT2D eigenvalue weighted by molar-refractivity contribution is 0.421. The van der Waals surface area contributed by atoms with Gasteiger partial charge in [0.1, 0.15) is 0 Å². The van der Waals surface area contributed by atoms with Crippen LogP contribution in [0, 0.1) is 5.92 Å². The van der Waals surface area contributed by atoms with Crippen molar-refractivity contribution in [3.8, 4) is 0 Å². The third-order valence-electron chi connectivity index (χ3n) is 3.87. The standard InChI is InChI=1S/C12H24N2O2S/c1-10-5-6-11(8-10)14-17(15,16)9-12-4-2-3-7-13-12/h10-14H,2-9H2,1H3. The summed E-state index contributed by atoms with van der Waals surface area (Å²) in [7, 11) is -3.10. The van der Waals surface area contributed by atoms with E-state index in [1.807, 2.05) is 0 Å². The smallest absolute Gasteiger partial charge is 0.213 e. The van der Waals surface area contributed by atoms with Gasteiger partial charge >= 0.3 is 0 Å². The highest BCUT2D eigenvalue weighted by Gasteiger charge is 2.27. The normalized spacial score (nSPS) is 35.0. The van der Waals surface area contributed by atoms with Crippen molar-refractivity contribution >= 4 is 10.0 Å². The van der Waals surface area contributed by atoms with Crippen molar-refractivity contribution in [1.29, 1.82) is 0 Å². The molecular formula is C12H24N2O2S. The average Bonchev–Trinajstić information content (AvgIpc) is 2.63. The van der Waals surface area contributed by atoms with E-state index in [9.17, 15) is 8.42 Å². The Kier molecular flexibility index (Phi) is 4.44. The van der Waals surface area contributed by atoms with E-state index in [4.69, 9.17) is 0 Å². The topological polar surface area (TPSA) is 58.2 Å². The van der Waals surface area contributed by atoms with E-state index in [0.29, 0.717) is 5.92 Å². The summed E-state index contributed by atoms with van der Waals surface area (Å²) in [5, 5.41) is 3.29. The van der Waals surface area contributed by atoms with Gasteiger partial charge in [-0.2, -0.15) is 0 Å². The first kappa shape index (κ1) is 13.3. The summed E-state index contributed by atoms with van der Waals surface area (Å²) in [6, 6.07) is 0.332. The van der Waals surface area contributed by atoms with Crippen molar-refractivity contribution in [2.75, 3.05) is 12.3 Å². The van der Waals surface area contributed by atoms with Gasteiger partial charge in [-0.1, -0.05) is 13.3 Å². The highest BCUT2D eigenvalue weighted by molar-refractivity contribution is 7.89. The molecule has 1 aliphatic carbocycles. The molecule has 2 N–H and O–H groups in total. The fraction of sp³-hybridized carbons (Fsp3) is 1.00. The number of piperidine rings is 1. The predicted molar refractivity (Wildman–Crippen MR) is 69.4 cm³/mol. The summed E-state index contributed by atoms with van der Waals surface area (Å²) in [5.74, 6) is 0.910. The summed E-state index contributed by atoms with van der Waals surface area (Å²) in [4.78, 5) is 0. The minimum atomic E-state index is -3.10. The van der Waals surface area contributed by atoms with Crippen LogP contribution in [0.1, 0.15) is 45.4 Å². The molecule has 3 atom stereocenters. The quantitative estimate of drug-likeness (QED) is 0.799. The number of sulfonamides is 1. The number of nitrogens with one attached hydrogen (secondary N) is 2. The Balaban J connectivity index is 1.81. The summed E-state index contributed by atoms with van der Waals surface area (Å²) >= 11 is 0. The van der Waals surface area contributed by atoms with Crippen LogP contribution in [0.5, 0.6) is 0 Å². The molecule has 2 rings (SSSR count). The molecule has 1 saturated heterocycles. The highest BCUT2D eigenvalue weighted by Crippen LogP contribution is 2.25. The van der Waals surface area contributed by atoms with E-state index in [1.165, 1.54) is 6.42 Å². The molecule has 1 heterocycles. The van der Waals surface area contributed by atoms with Crippen molar-refractivity contribution in [2.45, 2.75) is 57.5 Å². The highest BCUT2D eigenvalue weighted by atomic mass is 32.2. The zero-order chi connectivity index (χ0) is 12.3. The van der Waals surface area contributed by atoms with Crippen molar-refractivity contribution in [3.05, 3.63) is 0 Å². The SMILES string of the molecule is CC1CCC(NS(=O)(=O)CC2CCCCN2)C1. The summed E-state index contributed by atoms with van der Waals surface area (Å²) in [6.07, 6.45) is 6.45. The Hall–Kier alpha value is -0.130. The second-order valence-electron chi connectivity index (χ2n) is 5.66. The molecule has 5 heteroatoms. The lowest BCUT2D eigenvalue weighted by Crippen LogP contribution is -2.44. The predicted octanol–water partition coefficient (Wildman–Crippen LogP) is 1.24. The van der Waals surface area contributed by atoms with Gasteiger partial charge in [-0.25, -0.2) is 13.1 Å². The van der Waals surface area contributed by atoms with Crippen LogP contribution < -0.4 is 10.0 Å². The van der Waals surface area contributed by atoms with Gasteiger partial charge in [0.05, 0.1) is 5.75 Å². The average molecular weight is 260 g/mol. The number of rotatable bonds is 4. The lowest BCUT2D eigenvalue weighted by Gasteiger charge is -2.24. The van der Waals surface area contributed by atoms with Crippen LogP contribution in [0.15, 0.2) is 0 Å². The molecule has 0 aromatic heterocycles. The van der Waals surface area contributed by atoms with Gasteiger partial charge in [0.15, 0.2) is 0 Å². The minimum absolute atomic E-state index is 0.153. The van der Waals surface area contributed by atoms with Crippen molar-refractivity contribution in [1.82, 2.24) is 10.0 Å². The third kappa shape index (κ3) is 4.23. The fourth-order valence-corrected chi connectivity index (χ4v) is 4.58. The maximum atomic E-state index is 12.0. The molecule has 17 heavy (non-hydrogen) atoms. The van der Waals surface area contributed by atoms with Crippen LogP contribution in [0.2, 0.25) is 0 Å². The van der Waals surface area contributed by atoms with Crippen molar-refractivity contribution < 1.29 is 8.42 Å². The summed E-state index contributed by atoms with van der Waals surface area (Å²) in [6.45, 7) is 3.15. The second-order valence-corrected chi connectivity index (χ2v) is 7.46. The Morgan fingerprint density at radius 1 is 1.24 bits per heavy atom. The third-order valence-corrected chi connectivity index (χ3v) is 5.41. The fourth-order valence-electron chi connectivity index (χ4n) is 2.95. The van der Waals surface area contributed by atoms with E-state index < -0.39 is 10.0 Å². The van der Waals surface area contributed by atoms with Gasteiger partial charge in [0, 0.05) is 12.1 Å². The molecule has 0 amide bonds. The van der Waals surface area contributed by atoms with Gasteiger partial charge < -0.3 is 5.32 Å². The van der Waals surface area contributed by atoms with Crippen LogP contribution in [0.25, 0.3) is 0 Å². The molecule has 0 aromatic carbocycles. The van der Waals surface area contributed by atoms with Crippen molar-refractivity contribution in [2.24, 2.45) is 5.92 Å². The molecule has 2 aliphatic rings. The van der Waals surface area contributed by atoms with Gasteiger partial charge in [-0.3, -0.25) is 0 Å². The van der Waals surface area contributed by atoms with Crippen LogP contribution in [-0.2, 0) is 10.0 Å². The Morgan fingerprint density at radius 3 is 2.65 bits per heavy atom. The molecule has 3 unspecified atom stereocenters. The van der Waals surface area contributed by atoms with Gasteiger partial charge in [0.25, 0.3) is 0 Å². The Labute approximate surface area is 105 Å². The lowest BCUT2D eigenvalue weighted by atomic mass is 10.1. The zero-order valence-corrected chi connectivity index (χ0v) is 11.4. The molecule has 4 nitrogen and oxygen atoms in total. The maximum Gasteiger partial charge on any atom is 0.213 e. The molecule has 0 aromatic rings. The summed E-state index contributed by atoms with van der Waals surface area (Å²) in [5.41, 5.74) is 0. The first-order valence-corrected chi connectivity index (χ1v) is 8.44. The van der Waals surface area contributed by atoms with E-state index in [0.717, 1.165) is 38.6 Å². The molecule has 0 spiro atoms. The van der Waals surface area contributed by atoms with E-state index in [2.05, 4.69) is 17.0 Å². The summed E-state index contributed by atoms with van der Waals surface area (Å²) < 4.78 is 26.9. The molecule has 0 bridgehead atoms. The minimum Gasteiger partial charge on any atom is -0.313 e. The first-order valence-electron chi connectivity index (χ1n) is 6.78. The van der Waals surface area contributed by atoms with Gasteiger partial charge in [-0.15, -0.1) is 0 Å². The van der Waals surface area contributed by atoms with E-state index in [1.54, 1.807) is 0 Å². The molecule has 100 valence electrons. The number of hydrogen-bond acceptors (Lipinski definition) is 3. The molecular weight excluding hydrogens is 236 g/mol. The van der Waals surface area contributed by atoms with Gasteiger partial charge in [0.2, 0.25) is 10.0 Å². The van der Waals surface area contributed by atoms with Gasteiger partial charge in [-0.05, 0) is 44.6 Å². The Bertz CT molecular complexity index is 324. The molecule has 0 radical (unpaired) electrons. The zero-order valence-electron chi connectivity index (χ0n) is 10.6. The number of hydrogen-bond donors (Lipinski definition) is 2. The van der Waals surface area contributed by atoms with Crippen LogP contribution in [0.3, 0.4) is 0 Å². The maximum absolute atomic E-state index is 12.0. The van der Waals surface area contributed by atoms with E-state index >= 15 is 0 Å². The van der Waals surface area contributed by atoms with Crippen LogP contribution >= 0.6 is 0 Å². The van der Waals surface area contributed by atoms with Crippen LogP contribution in [-0.4, -0.2) is 32.8 Å².